The number of carbonyl (C=O) groups is 1. The Bertz CT molecular complexity index is 359. The number of nitrogens with zero attached hydrogens (tertiary/aromatic N) is 2. The zero-order chi connectivity index (χ0) is 19.4. The van der Waals surface area contributed by atoms with E-state index in [9.17, 15) is 4.79 Å². The van der Waals surface area contributed by atoms with Crippen LogP contribution in [0, 0.1) is 0 Å². The van der Waals surface area contributed by atoms with E-state index in [1.54, 1.807) is 0 Å². The van der Waals surface area contributed by atoms with E-state index in [1.165, 1.54) is 64.2 Å². The lowest BCUT2D eigenvalue weighted by Crippen LogP contribution is -2.52. The molecule has 0 aromatic rings. The van der Waals surface area contributed by atoms with Crippen LogP contribution in [-0.4, -0.2) is 53.7 Å². The molecule has 0 saturated carbocycles. The molecule has 0 aromatic carbocycles. The molecule has 0 atom stereocenters. The summed E-state index contributed by atoms with van der Waals surface area (Å²) >= 11 is 0. The zero-order valence-electron chi connectivity index (χ0n) is 18.2. The first-order valence-electron chi connectivity index (χ1n) is 11.1. The molecule has 0 bridgehead atoms. The van der Waals surface area contributed by atoms with Crippen LogP contribution in [0.1, 0.15) is 98.8 Å². The number of amides is 1. The van der Waals surface area contributed by atoms with E-state index in [1.807, 2.05) is 25.7 Å². The van der Waals surface area contributed by atoms with E-state index in [0.29, 0.717) is 6.04 Å². The van der Waals surface area contributed by atoms with Crippen molar-refractivity contribution < 1.29 is 9.53 Å². The summed E-state index contributed by atoms with van der Waals surface area (Å²) in [7, 11) is 0. The summed E-state index contributed by atoms with van der Waals surface area (Å²) in [5, 5.41) is 0. The summed E-state index contributed by atoms with van der Waals surface area (Å²) in [5.74, 6) is 0. The fourth-order valence-electron chi connectivity index (χ4n) is 3.72. The van der Waals surface area contributed by atoms with Gasteiger partial charge in [-0.2, -0.15) is 0 Å². The van der Waals surface area contributed by atoms with Gasteiger partial charge in [0.25, 0.3) is 0 Å². The Labute approximate surface area is 162 Å². The average Bonchev–Trinajstić information content (AvgIpc) is 2.59. The molecule has 4 nitrogen and oxygen atoms in total. The van der Waals surface area contributed by atoms with Gasteiger partial charge in [-0.1, -0.05) is 65.2 Å². The van der Waals surface area contributed by atoms with Crippen molar-refractivity contribution in [2.24, 2.45) is 0 Å². The van der Waals surface area contributed by atoms with Crippen molar-refractivity contribution >= 4 is 6.09 Å². The fourth-order valence-corrected chi connectivity index (χ4v) is 3.72. The van der Waals surface area contributed by atoms with Crippen molar-refractivity contribution in [1.29, 1.82) is 0 Å². The third-order valence-electron chi connectivity index (χ3n) is 5.26. The first-order valence-corrected chi connectivity index (χ1v) is 11.1. The van der Waals surface area contributed by atoms with E-state index < -0.39 is 5.60 Å². The monoisotopic (exact) mass is 368 g/mol. The maximum absolute atomic E-state index is 12.3. The maximum atomic E-state index is 12.3. The highest BCUT2D eigenvalue weighted by Crippen LogP contribution is 2.20. The molecular formula is C22H44N2O2. The van der Waals surface area contributed by atoms with Crippen LogP contribution in [0.5, 0.6) is 0 Å². The minimum Gasteiger partial charge on any atom is -0.444 e. The van der Waals surface area contributed by atoms with Crippen molar-refractivity contribution in [2.45, 2.75) is 110 Å². The molecule has 0 unspecified atom stereocenters. The maximum Gasteiger partial charge on any atom is 0.410 e. The van der Waals surface area contributed by atoms with Crippen molar-refractivity contribution in [3.05, 3.63) is 0 Å². The van der Waals surface area contributed by atoms with Gasteiger partial charge in [0.15, 0.2) is 0 Å². The van der Waals surface area contributed by atoms with Gasteiger partial charge in [-0.3, -0.25) is 4.90 Å². The molecule has 0 spiro atoms. The van der Waals surface area contributed by atoms with Crippen LogP contribution >= 0.6 is 0 Å². The van der Waals surface area contributed by atoms with Crippen molar-refractivity contribution in [3.8, 4) is 0 Å². The Hall–Kier alpha value is -0.770. The molecule has 1 saturated heterocycles. The molecule has 26 heavy (non-hydrogen) atoms. The minimum absolute atomic E-state index is 0.153. The predicted molar refractivity (Wildman–Crippen MR) is 111 cm³/mol. The molecule has 1 amide bonds. The second-order valence-corrected chi connectivity index (χ2v) is 8.86. The van der Waals surface area contributed by atoms with Crippen LogP contribution < -0.4 is 0 Å². The van der Waals surface area contributed by atoms with Gasteiger partial charge in [-0.15, -0.1) is 0 Å². The molecule has 0 N–H and O–H groups in total. The number of rotatable bonds is 11. The molecule has 0 radical (unpaired) electrons. The molecule has 1 aliphatic rings. The predicted octanol–water partition coefficient (Wildman–Crippen LogP) is 5.85. The number of ether oxygens (including phenoxy) is 1. The average molecular weight is 369 g/mol. The van der Waals surface area contributed by atoms with E-state index in [4.69, 9.17) is 4.74 Å². The molecule has 1 heterocycles. The number of piperazine rings is 1. The lowest BCUT2D eigenvalue weighted by molar-refractivity contribution is 0.00911. The summed E-state index contributed by atoms with van der Waals surface area (Å²) in [6.45, 7) is 13.9. The number of carbonyl (C=O) groups excluding carboxylic acids is 1. The van der Waals surface area contributed by atoms with Crippen molar-refractivity contribution in [1.82, 2.24) is 9.80 Å². The Kier molecular flexibility index (Phi) is 11.3. The van der Waals surface area contributed by atoms with E-state index in [-0.39, 0.29) is 6.09 Å². The van der Waals surface area contributed by atoms with Crippen LogP contribution in [0.25, 0.3) is 0 Å². The van der Waals surface area contributed by atoms with Gasteiger partial charge >= 0.3 is 6.09 Å². The molecule has 4 heteroatoms. The molecule has 1 fully saturated rings. The first-order chi connectivity index (χ1) is 12.4. The van der Waals surface area contributed by atoms with E-state index in [2.05, 4.69) is 18.7 Å². The van der Waals surface area contributed by atoms with Crippen LogP contribution in [0.4, 0.5) is 4.79 Å². The van der Waals surface area contributed by atoms with Gasteiger partial charge in [0, 0.05) is 32.2 Å². The molecular weight excluding hydrogens is 324 g/mol. The largest absolute Gasteiger partial charge is 0.444 e. The summed E-state index contributed by atoms with van der Waals surface area (Å²) in [4.78, 5) is 16.8. The smallest absolute Gasteiger partial charge is 0.410 e. The van der Waals surface area contributed by atoms with Crippen LogP contribution in [-0.2, 0) is 4.74 Å². The Morgan fingerprint density at radius 2 is 1.35 bits per heavy atom. The highest BCUT2D eigenvalue weighted by molar-refractivity contribution is 5.68. The summed E-state index contributed by atoms with van der Waals surface area (Å²) in [6, 6.07) is 0.699. The quantitative estimate of drug-likeness (QED) is 0.429. The second kappa shape index (κ2) is 12.6. The topological polar surface area (TPSA) is 32.8 Å². The lowest BCUT2D eigenvalue weighted by atomic mass is 9.99. The third-order valence-corrected chi connectivity index (χ3v) is 5.26. The highest BCUT2D eigenvalue weighted by Gasteiger charge is 2.28. The van der Waals surface area contributed by atoms with Gasteiger partial charge in [0.2, 0.25) is 0 Å². The van der Waals surface area contributed by atoms with Crippen molar-refractivity contribution in [3.63, 3.8) is 0 Å². The van der Waals surface area contributed by atoms with E-state index in [0.717, 1.165) is 26.2 Å². The second-order valence-electron chi connectivity index (χ2n) is 8.86. The normalized spacial score (nSPS) is 16.3. The molecule has 0 aromatic heterocycles. The van der Waals surface area contributed by atoms with Gasteiger partial charge in [-0.25, -0.2) is 4.79 Å². The van der Waals surface area contributed by atoms with E-state index >= 15 is 0 Å². The van der Waals surface area contributed by atoms with Gasteiger partial charge in [-0.05, 0) is 33.6 Å². The minimum atomic E-state index is -0.407. The first kappa shape index (κ1) is 23.3. The Morgan fingerprint density at radius 1 is 0.846 bits per heavy atom. The van der Waals surface area contributed by atoms with Crippen LogP contribution in [0.2, 0.25) is 0 Å². The SMILES string of the molecule is CCCCCCC(CCCCCC)N1CCN(C(=O)OC(C)(C)C)CC1. The lowest BCUT2D eigenvalue weighted by Gasteiger charge is -2.40. The third kappa shape index (κ3) is 9.80. The number of hydrogen-bond donors (Lipinski definition) is 0. The van der Waals surface area contributed by atoms with Gasteiger partial charge < -0.3 is 9.64 Å². The van der Waals surface area contributed by atoms with Crippen LogP contribution in [0.3, 0.4) is 0 Å². The Morgan fingerprint density at radius 3 is 1.77 bits per heavy atom. The molecule has 154 valence electrons. The summed E-state index contributed by atoms with van der Waals surface area (Å²) in [6.07, 6.45) is 13.2. The standard InChI is InChI=1S/C22H44N2O2/c1-6-8-10-12-14-20(15-13-11-9-7-2)23-16-18-24(19-17-23)21(25)26-22(3,4)5/h20H,6-19H2,1-5H3. The number of hydrogen-bond acceptors (Lipinski definition) is 3. The number of unbranched alkanes of at least 4 members (excludes halogenated alkanes) is 6. The summed E-state index contributed by atoms with van der Waals surface area (Å²) < 4.78 is 5.52. The highest BCUT2D eigenvalue weighted by atomic mass is 16.6. The van der Waals surface area contributed by atoms with Crippen LogP contribution in [0.15, 0.2) is 0 Å². The Balaban J connectivity index is 2.45. The summed E-state index contributed by atoms with van der Waals surface area (Å²) in [5.41, 5.74) is -0.407. The van der Waals surface area contributed by atoms with Gasteiger partial charge in [0.05, 0.1) is 0 Å². The molecule has 1 rings (SSSR count). The van der Waals surface area contributed by atoms with Gasteiger partial charge in [0.1, 0.15) is 5.60 Å². The zero-order valence-corrected chi connectivity index (χ0v) is 18.2. The molecule has 0 aliphatic carbocycles. The van der Waals surface area contributed by atoms with Crippen molar-refractivity contribution in [2.75, 3.05) is 26.2 Å². The fraction of sp³-hybridized carbons (Fsp3) is 0.955. The molecule has 1 aliphatic heterocycles.